The summed E-state index contributed by atoms with van der Waals surface area (Å²) < 4.78 is 0. The SMILES string of the molecule is C[C@H](CCC(=O)N1CCC(CNC(=O)C(C)(C)O)CC1)[C@H]1CC[C@H]2[C@@H]3CC=C4C[C@@H](O)CC[C@]4(C)[C@H]3CC[C@]12C. The molecule has 4 aliphatic carbocycles. The van der Waals surface area contributed by atoms with Crippen LogP contribution in [0.2, 0.25) is 0 Å². The van der Waals surface area contributed by atoms with E-state index < -0.39 is 5.60 Å². The summed E-state index contributed by atoms with van der Waals surface area (Å²) in [5.41, 5.74) is 0.901. The number of aliphatic hydroxyl groups is 2. The van der Waals surface area contributed by atoms with E-state index in [1.54, 1.807) is 5.57 Å². The number of aliphatic hydroxyl groups excluding tert-OH is 1. The lowest BCUT2D eigenvalue weighted by Gasteiger charge is -2.58. The van der Waals surface area contributed by atoms with E-state index in [2.05, 4.69) is 32.2 Å². The number of carbonyl (C=O) groups excluding carboxylic acids is 2. The van der Waals surface area contributed by atoms with Gasteiger partial charge in [-0.05, 0) is 131 Å². The van der Waals surface area contributed by atoms with Crippen molar-refractivity contribution in [2.75, 3.05) is 19.6 Å². The summed E-state index contributed by atoms with van der Waals surface area (Å²) in [6, 6.07) is 0. The average Bonchev–Trinajstić information content (AvgIpc) is 3.27. The number of likely N-dealkylation sites (tertiary alicyclic amines) is 1. The third kappa shape index (κ3) is 5.65. The highest BCUT2D eigenvalue weighted by Gasteiger charge is 2.59. The second kappa shape index (κ2) is 11.4. The molecule has 0 aromatic heterocycles. The van der Waals surface area contributed by atoms with Gasteiger partial charge in [-0.1, -0.05) is 32.4 Å². The quantitative estimate of drug-likeness (QED) is 0.363. The van der Waals surface area contributed by atoms with E-state index in [1.165, 1.54) is 46.0 Å². The van der Waals surface area contributed by atoms with Gasteiger partial charge in [0.25, 0.3) is 5.91 Å². The third-order valence-electron chi connectivity index (χ3n) is 12.7. The average molecular weight is 557 g/mol. The van der Waals surface area contributed by atoms with Crippen molar-refractivity contribution in [2.24, 2.45) is 46.3 Å². The summed E-state index contributed by atoms with van der Waals surface area (Å²) in [5, 5.41) is 23.0. The second-order valence-electron chi connectivity index (χ2n) is 15.5. The van der Waals surface area contributed by atoms with Gasteiger partial charge >= 0.3 is 0 Å². The van der Waals surface area contributed by atoms with Gasteiger partial charge in [0.05, 0.1) is 6.10 Å². The molecule has 1 heterocycles. The van der Waals surface area contributed by atoms with Crippen molar-refractivity contribution >= 4 is 11.8 Å². The fraction of sp³-hybridized carbons (Fsp3) is 0.882. The molecule has 0 radical (unpaired) electrons. The smallest absolute Gasteiger partial charge is 0.251 e. The molecule has 5 aliphatic rings. The Morgan fingerprint density at radius 2 is 1.80 bits per heavy atom. The monoisotopic (exact) mass is 556 g/mol. The van der Waals surface area contributed by atoms with E-state index in [0.29, 0.717) is 47.5 Å². The molecule has 1 saturated heterocycles. The lowest BCUT2D eigenvalue weighted by Crippen LogP contribution is -2.50. The van der Waals surface area contributed by atoms with Crippen molar-refractivity contribution in [3.05, 3.63) is 11.6 Å². The molecule has 40 heavy (non-hydrogen) atoms. The molecular formula is C34H56N2O4. The molecule has 5 rings (SSSR count). The van der Waals surface area contributed by atoms with E-state index in [0.717, 1.165) is 69.4 Å². The zero-order valence-electron chi connectivity index (χ0n) is 25.9. The lowest BCUT2D eigenvalue weighted by atomic mass is 9.47. The molecule has 6 nitrogen and oxygen atoms in total. The molecule has 3 N–H and O–H groups in total. The van der Waals surface area contributed by atoms with Crippen molar-refractivity contribution in [1.29, 1.82) is 0 Å². The number of fused-ring (bicyclic) bond motifs is 5. The summed E-state index contributed by atoms with van der Waals surface area (Å²) in [4.78, 5) is 27.2. The summed E-state index contributed by atoms with van der Waals surface area (Å²) in [6.45, 7) is 12.7. The molecule has 1 aliphatic heterocycles. The number of rotatable bonds is 7. The van der Waals surface area contributed by atoms with Crippen molar-refractivity contribution in [3.8, 4) is 0 Å². The largest absolute Gasteiger partial charge is 0.393 e. The normalized spacial score (nSPS) is 39.0. The molecule has 226 valence electrons. The van der Waals surface area contributed by atoms with Crippen LogP contribution in [0.15, 0.2) is 11.6 Å². The molecule has 4 fully saturated rings. The van der Waals surface area contributed by atoms with Gasteiger partial charge in [0.15, 0.2) is 0 Å². The van der Waals surface area contributed by atoms with Gasteiger partial charge in [-0.25, -0.2) is 0 Å². The van der Waals surface area contributed by atoms with Crippen molar-refractivity contribution in [2.45, 2.75) is 123 Å². The first-order valence-corrected chi connectivity index (χ1v) is 16.5. The topological polar surface area (TPSA) is 89.9 Å². The number of allylic oxidation sites excluding steroid dienone is 1. The first-order chi connectivity index (χ1) is 18.8. The first kappa shape index (κ1) is 30.1. The van der Waals surface area contributed by atoms with Gasteiger partial charge < -0.3 is 20.4 Å². The van der Waals surface area contributed by atoms with Crippen LogP contribution in [-0.4, -0.2) is 58.3 Å². The summed E-state index contributed by atoms with van der Waals surface area (Å²) >= 11 is 0. The highest BCUT2D eigenvalue weighted by atomic mass is 16.3. The zero-order valence-corrected chi connectivity index (χ0v) is 25.9. The number of nitrogens with zero attached hydrogens (tertiary/aromatic N) is 1. The van der Waals surface area contributed by atoms with Crippen LogP contribution in [-0.2, 0) is 9.59 Å². The Bertz CT molecular complexity index is 979. The predicted octanol–water partition coefficient (Wildman–Crippen LogP) is 5.47. The highest BCUT2D eigenvalue weighted by Crippen LogP contribution is 2.67. The van der Waals surface area contributed by atoms with Crippen LogP contribution in [0.3, 0.4) is 0 Å². The number of carbonyl (C=O) groups is 2. The van der Waals surface area contributed by atoms with Crippen LogP contribution in [0.4, 0.5) is 0 Å². The van der Waals surface area contributed by atoms with Gasteiger partial charge in [0.1, 0.15) is 5.60 Å². The maximum atomic E-state index is 13.2. The maximum absolute atomic E-state index is 13.2. The Kier molecular flexibility index (Phi) is 8.54. The minimum absolute atomic E-state index is 0.136. The van der Waals surface area contributed by atoms with Gasteiger partial charge in [-0.15, -0.1) is 0 Å². The van der Waals surface area contributed by atoms with E-state index >= 15 is 0 Å². The van der Waals surface area contributed by atoms with Gasteiger partial charge in [-0.2, -0.15) is 0 Å². The van der Waals surface area contributed by atoms with Crippen LogP contribution < -0.4 is 5.32 Å². The summed E-state index contributed by atoms with van der Waals surface area (Å²) in [7, 11) is 0. The van der Waals surface area contributed by atoms with Crippen LogP contribution in [0.5, 0.6) is 0 Å². The van der Waals surface area contributed by atoms with Gasteiger partial charge in [-0.3, -0.25) is 9.59 Å². The molecule has 3 saturated carbocycles. The van der Waals surface area contributed by atoms with Crippen LogP contribution in [0, 0.1) is 46.3 Å². The number of piperidine rings is 1. The van der Waals surface area contributed by atoms with Crippen molar-refractivity contribution in [1.82, 2.24) is 10.2 Å². The number of hydrogen-bond acceptors (Lipinski definition) is 4. The van der Waals surface area contributed by atoms with Crippen LogP contribution in [0.25, 0.3) is 0 Å². The van der Waals surface area contributed by atoms with E-state index in [-0.39, 0.29) is 12.0 Å². The number of nitrogens with one attached hydrogen (secondary N) is 1. The molecular weight excluding hydrogens is 500 g/mol. The standard InChI is InChI=1S/C34H56N2O4/c1-22(6-11-30(38)36-18-14-23(15-19-36)21-35-31(39)32(2,3)40)27-9-10-28-26-8-7-24-20-25(37)12-16-33(24,4)29(26)13-17-34(27,28)5/h7,22-23,25-29,37,40H,6,8-21H2,1-5H3,(H,35,39)/t22-,25+,26+,27-,28+,29+,33+,34-/m1/s1. The minimum Gasteiger partial charge on any atom is -0.393 e. The lowest BCUT2D eigenvalue weighted by molar-refractivity contribution is -0.137. The minimum atomic E-state index is -1.35. The zero-order chi connectivity index (χ0) is 28.9. The molecule has 6 heteroatoms. The fourth-order valence-corrected chi connectivity index (χ4v) is 10.2. The first-order valence-electron chi connectivity index (χ1n) is 16.5. The van der Waals surface area contributed by atoms with E-state index in [1.807, 2.05) is 4.90 Å². The molecule has 0 unspecified atom stereocenters. The van der Waals surface area contributed by atoms with Crippen molar-refractivity contribution in [3.63, 3.8) is 0 Å². The molecule has 0 spiro atoms. The maximum Gasteiger partial charge on any atom is 0.251 e. The summed E-state index contributed by atoms with van der Waals surface area (Å²) in [6.07, 6.45) is 15.4. The van der Waals surface area contributed by atoms with E-state index in [9.17, 15) is 19.8 Å². The Morgan fingerprint density at radius 1 is 1.07 bits per heavy atom. The molecule has 8 atom stereocenters. The Morgan fingerprint density at radius 3 is 2.50 bits per heavy atom. The van der Waals surface area contributed by atoms with Crippen molar-refractivity contribution < 1.29 is 19.8 Å². The molecule has 0 aromatic carbocycles. The molecule has 0 aromatic rings. The summed E-state index contributed by atoms with van der Waals surface area (Å²) in [5.74, 6) is 3.98. The molecule has 0 bridgehead atoms. The fourth-order valence-electron chi connectivity index (χ4n) is 10.2. The predicted molar refractivity (Wildman–Crippen MR) is 158 cm³/mol. The molecule has 2 amide bonds. The third-order valence-corrected chi connectivity index (χ3v) is 12.7. The Balaban J connectivity index is 1.11. The van der Waals surface area contributed by atoms with E-state index in [4.69, 9.17) is 0 Å². The number of hydrogen-bond donors (Lipinski definition) is 3. The second-order valence-corrected chi connectivity index (χ2v) is 15.5. The van der Waals surface area contributed by atoms with Crippen LogP contribution >= 0.6 is 0 Å². The Labute approximate surface area is 242 Å². The Hall–Kier alpha value is -1.40. The highest BCUT2D eigenvalue weighted by molar-refractivity contribution is 5.83. The van der Waals surface area contributed by atoms with Gasteiger partial charge in [0, 0.05) is 26.1 Å². The van der Waals surface area contributed by atoms with Crippen LogP contribution in [0.1, 0.15) is 112 Å². The van der Waals surface area contributed by atoms with Gasteiger partial charge in [0.2, 0.25) is 5.91 Å². The number of amides is 2.